The van der Waals surface area contributed by atoms with Crippen molar-refractivity contribution in [3.8, 4) is 0 Å². The molecule has 1 aromatic carbocycles. The number of hydrogen-bond acceptors (Lipinski definition) is 5. The zero-order valence-electron chi connectivity index (χ0n) is 20.1. The van der Waals surface area contributed by atoms with Gasteiger partial charge in [-0.15, -0.1) is 0 Å². The second-order valence-electron chi connectivity index (χ2n) is 10.6. The van der Waals surface area contributed by atoms with Crippen molar-refractivity contribution in [2.75, 3.05) is 18.0 Å². The molecule has 7 rings (SSSR count). The van der Waals surface area contributed by atoms with E-state index in [4.69, 9.17) is 0 Å². The molecule has 4 heterocycles. The molecule has 2 aliphatic carbocycles. The van der Waals surface area contributed by atoms with Crippen molar-refractivity contribution in [3.63, 3.8) is 0 Å². The molecule has 3 fully saturated rings. The zero-order valence-corrected chi connectivity index (χ0v) is 20.1. The van der Waals surface area contributed by atoms with E-state index in [0.29, 0.717) is 29.9 Å². The van der Waals surface area contributed by atoms with Crippen LogP contribution in [-0.4, -0.2) is 51.7 Å². The summed E-state index contributed by atoms with van der Waals surface area (Å²) in [7, 11) is 0. The van der Waals surface area contributed by atoms with E-state index in [1.807, 2.05) is 24.3 Å². The van der Waals surface area contributed by atoms with E-state index in [0.717, 1.165) is 23.1 Å². The van der Waals surface area contributed by atoms with Crippen LogP contribution in [0.15, 0.2) is 36.7 Å². The fourth-order valence-electron chi connectivity index (χ4n) is 6.04. The van der Waals surface area contributed by atoms with Crippen molar-refractivity contribution in [1.29, 1.82) is 0 Å². The predicted molar refractivity (Wildman–Crippen MR) is 128 cm³/mol. The van der Waals surface area contributed by atoms with Gasteiger partial charge in [0.25, 0.3) is 0 Å². The van der Waals surface area contributed by atoms with Gasteiger partial charge >= 0.3 is 12.2 Å². The fourth-order valence-corrected chi connectivity index (χ4v) is 6.04. The number of nitrogens with one attached hydrogen (secondary N) is 2. The second kappa shape index (κ2) is 7.78. The number of carbonyl (C=O) groups is 3. The van der Waals surface area contributed by atoms with E-state index in [1.54, 1.807) is 16.9 Å². The maximum Gasteiger partial charge on any atom is 0.390 e. The Hall–Kier alpha value is -3.96. The van der Waals surface area contributed by atoms with Crippen LogP contribution in [0.5, 0.6) is 0 Å². The Morgan fingerprint density at radius 1 is 1.11 bits per heavy atom. The normalized spacial score (nSPS) is 25.5. The van der Waals surface area contributed by atoms with E-state index < -0.39 is 35.9 Å². The van der Waals surface area contributed by atoms with Crippen LogP contribution >= 0.6 is 0 Å². The van der Waals surface area contributed by atoms with Crippen LogP contribution in [0.25, 0.3) is 5.65 Å². The van der Waals surface area contributed by atoms with Crippen LogP contribution in [0, 0.1) is 0 Å². The Balaban J connectivity index is 1.20. The lowest BCUT2D eigenvalue weighted by atomic mass is 9.95. The van der Waals surface area contributed by atoms with Crippen LogP contribution in [0.3, 0.4) is 0 Å². The highest BCUT2D eigenvalue weighted by Crippen LogP contribution is 2.60. The molecule has 4 amide bonds. The van der Waals surface area contributed by atoms with Gasteiger partial charge in [-0.3, -0.25) is 14.9 Å². The third-order valence-electron chi connectivity index (χ3n) is 8.25. The maximum atomic E-state index is 13.1. The van der Waals surface area contributed by atoms with Gasteiger partial charge in [-0.2, -0.15) is 18.3 Å². The van der Waals surface area contributed by atoms with E-state index >= 15 is 0 Å². The lowest BCUT2D eigenvalue weighted by Crippen LogP contribution is -2.51. The largest absolute Gasteiger partial charge is 0.390 e. The SMILES string of the molecule is O=C1NCC(c2cc([C@H]3C[C@@H]3c3ccc4c(c3)N(CCC(F)(F)F)C(=O)C43CC3)c3nccn3n2)C(=O)N1. The maximum absolute atomic E-state index is 13.1. The highest BCUT2D eigenvalue weighted by atomic mass is 19.4. The Morgan fingerprint density at radius 2 is 1.92 bits per heavy atom. The van der Waals surface area contributed by atoms with Gasteiger partial charge in [0.1, 0.15) is 0 Å². The topological polar surface area (TPSA) is 109 Å². The highest BCUT2D eigenvalue weighted by molar-refractivity contribution is 6.10. The average molecular weight is 525 g/mol. The van der Waals surface area contributed by atoms with Crippen LogP contribution < -0.4 is 15.5 Å². The first-order valence-electron chi connectivity index (χ1n) is 12.6. The molecule has 38 heavy (non-hydrogen) atoms. The van der Waals surface area contributed by atoms with Gasteiger partial charge < -0.3 is 10.2 Å². The first-order valence-corrected chi connectivity index (χ1v) is 12.6. The molecule has 3 atom stereocenters. The number of amides is 4. The van der Waals surface area contributed by atoms with Crippen molar-refractivity contribution >= 4 is 29.2 Å². The number of imide groups is 1. The Bertz CT molecular complexity index is 1530. The van der Waals surface area contributed by atoms with Crippen LogP contribution in [0.4, 0.5) is 23.7 Å². The predicted octanol–water partition coefficient (Wildman–Crippen LogP) is 3.25. The van der Waals surface area contributed by atoms with Crippen molar-refractivity contribution in [3.05, 3.63) is 59.0 Å². The number of aromatic nitrogens is 3. The monoisotopic (exact) mass is 524 g/mol. The van der Waals surface area contributed by atoms with Gasteiger partial charge in [-0.05, 0) is 54.4 Å². The Labute approximate surface area is 214 Å². The average Bonchev–Trinajstić information content (AvgIpc) is 3.77. The van der Waals surface area contributed by atoms with Crippen molar-refractivity contribution in [2.24, 2.45) is 0 Å². The quantitative estimate of drug-likeness (QED) is 0.533. The molecule has 0 radical (unpaired) electrons. The van der Waals surface area contributed by atoms with Crippen molar-refractivity contribution < 1.29 is 27.6 Å². The number of nitrogens with zero attached hydrogens (tertiary/aromatic N) is 4. The molecular formula is C26H23F3N6O3. The Morgan fingerprint density at radius 3 is 2.66 bits per heavy atom. The van der Waals surface area contributed by atoms with Crippen LogP contribution in [0.2, 0.25) is 0 Å². The number of halogens is 3. The third kappa shape index (κ3) is 3.57. The molecule has 3 aromatic rings. The summed E-state index contributed by atoms with van der Waals surface area (Å²) in [4.78, 5) is 42.8. The number of hydrogen-bond donors (Lipinski definition) is 2. The fraction of sp³-hybridized carbons (Fsp3) is 0.423. The minimum Gasteiger partial charge on any atom is -0.337 e. The molecule has 196 valence electrons. The van der Waals surface area contributed by atoms with Gasteiger partial charge in [0.05, 0.1) is 23.4 Å². The van der Waals surface area contributed by atoms with Crippen molar-refractivity contribution in [2.45, 2.75) is 55.0 Å². The lowest BCUT2D eigenvalue weighted by Gasteiger charge is -2.22. The summed E-state index contributed by atoms with van der Waals surface area (Å²) in [6.07, 6.45) is 0.0697. The molecule has 2 aromatic heterocycles. The van der Waals surface area contributed by atoms with Gasteiger partial charge in [0, 0.05) is 36.7 Å². The summed E-state index contributed by atoms with van der Waals surface area (Å²) in [6, 6.07) is 7.11. The zero-order chi connectivity index (χ0) is 26.4. The molecule has 9 nitrogen and oxygen atoms in total. The first-order chi connectivity index (χ1) is 18.1. The highest BCUT2D eigenvalue weighted by Gasteiger charge is 2.59. The van der Waals surface area contributed by atoms with E-state index in [-0.39, 0.29) is 30.8 Å². The number of urea groups is 1. The first kappa shape index (κ1) is 23.2. The number of fused-ring (bicyclic) bond motifs is 3. The summed E-state index contributed by atoms with van der Waals surface area (Å²) >= 11 is 0. The van der Waals surface area contributed by atoms with E-state index in [9.17, 15) is 27.6 Å². The number of carbonyl (C=O) groups excluding carboxylic acids is 3. The van der Waals surface area contributed by atoms with Gasteiger partial charge in [0.2, 0.25) is 11.8 Å². The van der Waals surface area contributed by atoms with E-state index in [2.05, 4.69) is 20.7 Å². The number of anilines is 1. The molecule has 2 aliphatic heterocycles. The summed E-state index contributed by atoms with van der Waals surface area (Å²) in [5, 5.41) is 9.44. The van der Waals surface area contributed by atoms with Crippen LogP contribution in [-0.2, 0) is 15.0 Å². The second-order valence-corrected chi connectivity index (χ2v) is 10.6. The number of alkyl halides is 3. The molecule has 2 saturated carbocycles. The number of benzene rings is 1. The van der Waals surface area contributed by atoms with Crippen molar-refractivity contribution in [1.82, 2.24) is 25.2 Å². The third-order valence-corrected chi connectivity index (χ3v) is 8.25. The number of imidazole rings is 1. The molecule has 2 N–H and O–H groups in total. The lowest BCUT2D eigenvalue weighted by molar-refractivity contribution is -0.134. The minimum absolute atomic E-state index is 0.0663. The molecule has 0 bridgehead atoms. The van der Waals surface area contributed by atoms with Crippen LogP contribution in [0.1, 0.15) is 65.8 Å². The minimum atomic E-state index is -4.34. The summed E-state index contributed by atoms with van der Waals surface area (Å²) in [5.74, 6) is -1.13. The summed E-state index contributed by atoms with van der Waals surface area (Å²) < 4.78 is 40.6. The van der Waals surface area contributed by atoms with Gasteiger partial charge in [0.15, 0.2) is 5.65 Å². The van der Waals surface area contributed by atoms with Gasteiger partial charge in [-0.25, -0.2) is 14.3 Å². The van der Waals surface area contributed by atoms with Gasteiger partial charge in [-0.1, -0.05) is 12.1 Å². The molecular weight excluding hydrogens is 501 g/mol. The van der Waals surface area contributed by atoms with E-state index in [1.165, 1.54) is 4.90 Å². The standard InChI is InChI=1S/C26H23F3N6O3/c27-26(28,29)5-7-34-20-9-13(1-2-18(20)25(3-4-25)23(34)37)14-10-15(14)16-11-19(33-35-8-6-30-21(16)35)17-12-31-24(38)32-22(17)36/h1-2,6,8-9,11,14-15,17H,3-5,7,10,12H2,(H2,31,32,36,38)/t14-,15+,17?/m1/s1. The molecule has 1 unspecified atom stereocenters. The summed E-state index contributed by atoms with van der Waals surface area (Å²) in [6.45, 7) is -0.239. The molecule has 4 aliphatic rings. The molecule has 1 saturated heterocycles. The summed E-state index contributed by atoms with van der Waals surface area (Å²) in [5.41, 5.74) is 3.83. The Kier molecular flexibility index (Phi) is 4.74. The number of rotatable bonds is 5. The smallest absolute Gasteiger partial charge is 0.337 e. The molecule has 12 heteroatoms. The molecule has 1 spiro atoms.